The summed E-state index contributed by atoms with van der Waals surface area (Å²) in [7, 11) is 0. The Bertz CT molecular complexity index is 529. The van der Waals surface area contributed by atoms with Gasteiger partial charge in [-0.05, 0) is 24.5 Å². The number of rotatable bonds is 1. The molecule has 2 aliphatic rings. The van der Waals surface area contributed by atoms with Crippen molar-refractivity contribution in [2.24, 2.45) is 0 Å². The molecule has 2 aliphatic heterocycles. The molecule has 0 bridgehead atoms. The van der Waals surface area contributed by atoms with Gasteiger partial charge in [-0.3, -0.25) is 4.79 Å². The van der Waals surface area contributed by atoms with Crippen molar-refractivity contribution in [3.63, 3.8) is 0 Å². The summed E-state index contributed by atoms with van der Waals surface area (Å²) < 4.78 is 37.3. The number of amides is 1. The third-order valence-corrected chi connectivity index (χ3v) is 4.06. The van der Waals surface area contributed by atoms with Crippen molar-refractivity contribution in [3.8, 4) is 0 Å². The molecule has 2 heterocycles. The van der Waals surface area contributed by atoms with E-state index < -0.39 is 12.1 Å². The summed E-state index contributed by atoms with van der Waals surface area (Å²) in [5.74, 6) is -1.72. The van der Waals surface area contributed by atoms with Crippen LogP contribution in [-0.4, -0.2) is 42.7 Å². The summed E-state index contributed by atoms with van der Waals surface area (Å²) in [6, 6.07) is 7.94. The van der Waals surface area contributed by atoms with Gasteiger partial charge in [0.05, 0.1) is 0 Å². The lowest BCUT2D eigenvalue weighted by Gasteiger charge is -2.27. The van der Waals surface area contributed by atoms with E-state index in [0.29, 0.717) is 6.42 Å². The van der Waals surface area contributed by atoms with Crippen LogP contribution in [0.15, 0.2) is 24.3 Å². The van der Waals surface area contributed by atoms with Crippen molar-refractivity contribution >= 4 is 11.6 Å². The van der Waals surface area contributed by atoms with Gasteiger partial charge in [0.15, 0.2) is 0 Å². The number of halogens is 3. The molecule has 1 aromatic carbocycles. The highest BCUT2D eigenvalue weighted by Gasteiger charge is 2.45. The van der Waals surface area contributed by atoms with Gasteiger partial charge in [-0.15, -0.1) is 0 Å². The summed E-state index contributed by atoms with van der Waals surface area (Å²) in [4.78, 5) is 14.3. The number of anilines is 1. The summed E-state index contributed by atoms with van der Waals surface area (Å²) >= 11 is 0. The normalized spacial score (nSPS) is 22.2. The number of likely N-dealkylation sites (tertiary alicyclic amines) is 1. The van der Waals surface area contributed by atoms with Crippen LogP contribution in [0.5, 0.6) is 0 Å². The monoisotopic (exact) mass is 284 g/mol. The third kappa shape index (κ3) is 2.23. The van der Waals surface area contributed by atoms with E-state index >= 15 is 0 Å². The smallest absolute Gasteiger partial charge is 0.366 e. The molecule has 1 atom stereocenters. The minimum absolute atomic E-state index is 0.00931. The van der Waals surface area contributed by atoms with E-state index in [1.807, 2.05) is 24.3 Å². The second kappa shape index (κ2) is 4.68. The van der Waals surface area contributed by atoms with Crippen molar-refractivity contribution in [2.75, 3.05) is 24.5 Å². The van der Waals surface area contributed by atoms with Crippen LogP contribution in [0.1, 0.15) is 12.0 Å². The first-order valence-electron chi connectivity index (χ1n) is 6.67. The van der Waals surface area contributed by atoms with E-state index in [-0.39, 0.29) is 19.1 Å². The van der Waals surface area contributed by atoms with Crippen molar-refractivity contribution in [1.29, 1.82) is 0 Å². The number of hydrogen-bond acceptors (Lipinski definition) is 2. The Morgan fingerprint density at radius 1 is 1.20 bits per heavy atom. The molecular weight excluding hydrogens is 269 g/mol. The number of hydrogen-bond donors (Lipinski definition) is 0. The summed E-state index contributed by atoms with van der Waals surface area (Å²) in [5.41, 5.74) is 2.33. The SMILES string of the molecule is O=C(N1CCC(N2CCc3ccccc32)C1)C(F)(F)F. The lowest BCUT2D eigenvalue weighted by atomic mass is 10.1. The maximum atomic E-state index is 12.4. The molecule has 20 heavy (non-hydrogen) atoms. The van der Waals surface area contributed by atoms with E-state index in [1.54, 1.807) is 0 Å². The van der Waals surface area contributed by atoms with Gasteiger partial charge in [0.2, 0.25) is 0 Å². The largest absolute Gasteiger partial charge is 0.471 e. The zero-order valence-electron chi connectivity index (χ0n) is 10.9. The first-order chi connectivity index (χ1) is 9.47. The Labute approximate surface area is 115 Å². The molecular formula is C14H15F3N2O. The lowest BCUT2D eigenvalue weighted by Crippen LogP contribution is -2.42. The summed E-state index contributed by atoms with van der Waals surface area (Å²) in [5, 5.41) is 0. The second-order valence-corrected chi connectivity index (χ2v) is 5.26. The average molecular weight is 284 g/mol. The number of carbonyl (C=O) groups excluding carboxylic acids is 1. The van der Waals surface area contributed by atoms with Crippen molar-refractivity contribution < 1.29 is 18.0 Å². The fourth-order valence-electron chi connectivity index (χ4n) is 3.10. The first kappa shape index (κ1) is 13.3. The third-order valence-electron chi connectivity index (χ3n) is 4.06. The topological polar surface area (TPSA) is 23.6 Å². The van der Waals surface area contributed by atoms with Crippen LogP contribution in [0.4, 0.5) is 18.9 Å². The van der Waals surface area contributed by atoms with Crippen LogP contribution in [-0.2, 0) is 11.2 Å². The second-order valence-electron chi connectivity index (χ2n) is 5.26. The van der Waals surface area contributed by atoms with Crippen molar-refractivity contribution in [2.45, 2.75) is 25.1 Å². The molecule has 3 rings (SSSR count). The van der Waals surface area contributed by atoms with Crippen LogP contribution in [0, 0.1) is 0 Å². The number of benzene rings is 1. The van der Waals surface area contributed by atoms with Crippen LogP contribution in [0.3, 0.4) is 0 Å². The highest BCUT2D eigenvalue weighted by Crippen LogP contribution is 2.32. The van der Waals surface area contributed by atoms with Crippen LogP contribution < -0.4 is 4.90 Å². The van der Waals surface area contributed by atoms with Crippen LogP contribution >= 0.6 is 0 Å². The van der Waals surface area contributed by atoms with Gasteiger partial charge in [-0.2, -0.15) is 13.2 Å². The average Bonchev–Trinajstić information content (AvgIpc) is 3.02. The van der Waals surface area contributed by atoms with E-state index in [9.17, 15) is 18.0 Å². The summed E-state index contributed by atoms with van der Waals surface area (Å²) in [6.45, 7) is 1.16. The van der Waals surface area contributed by atoms with E-state index in [2.05, 4.69) is 4.90 Å². The first-order valence-corrected chi connectivity index (χ1v) is 6.67. The molecule has 0 radical (unpaired) electrons. The van der Waals surface area contributed by atoms with Gasteiger partial charge in [0.25, 0.3) is 0 Å². The number of carbonyl (C=O) groups is 1. The molecule has 1 fully saturated rings. The molecule has 1 aromatic rings. The predicted molar refractivity (Wildman–Crippen MR) is 68.5 cm³/mol. The van der Waals surface area contributed by atoms with Gasteiger partial charge in [0, 0.05) is 31.4 Å². The predicted octanol–water partition coefficient (Wildman–Crippen LogP) is 2.21. The van der Waals surface area contributed by atoms with Crippen LogP contribution in [0.2, 0.25) is 0 Å². The van der Waals surface area contributed by atoms with Gasteiger partial charge in [0.1, 0.15) is 0 Å². The molecule has 108 valence electrons. The molecule has 1 unspecified atom stereocenters. The number of alkyl halides is 3. The van der Waals surface area contributed by atoms with Gasteiger partial charge < -0.3 is 9.80 Å². The van der Waals surface area contributed by atoms with E-state index in [1.165, 1.54) is 5.56 Å². The molecule has 0 saturated carbocycles. The summed E-state index contributed by atoms with van der Waals surface area (Å²) in [6.07, 6.45) is -3.26. The van der Waals surface area contributed by atoms with Crippen molar-refractivity contribution in [1.82, 2.24) is 4.90 Å². The Balaban J connectivity index is 1.72. The van der Waals surface area contributed by atoms with Gasteiger partial charge >= 0.3 is 12.1 Å². The zero-order chi connectivity index (χ0) is 14.3. The maximum absolute atomic E-state index is 12.4. The fraction of sp³-hybridized carbons (Fsp3) is 0.500. The number of fused-ring (bicyclic) bond motifs is 1. The Morgan fingerprint density at radius 3 is 2.70 bits per heavy atom. The number of nitrogens with zero attached hydrogens (tertiary/aromatic N) is 2. The molecule has 1 saturated heterocycles. The molecule has 0 spiro atoms. The highest BCUT2D eigenvalue weighted by molar-refractivity contribution is 5.82. The van der Waals surface area contributed by atoms with Crippen LogP contribution in [0.25, 0.3) is 0 Å². The molecule has 0 aromatic heterocycles. The van der Waals surface area contributed by atoms with E-state index in [4.69, 9.17) is 0 Å². The number of para-hydroxylation sites is 1. The fourth-order valence-corrected chi connectivity index (χ4v) is 3.10. The molecule has 0 N–H and O–H groups in total. The minimum atomic E-state index is -4.77. The quantitative estimate of drug-likeness (QED) is 0.789. The highest BCUT2D eigenvalue weighted by atomic mass is 19.4. The molecule has 1 amide bonds. The van der Waals surface area contributed by atoms with Gasteiger partial charge in [-0.1, -0.05) is 18.2 Å². The Hall–Kier alpha value is -1.72. The standard InChI is InChI=1S/C14H15F3N2O/c15-14(16,17)13(20)18-7-6-11(9-18)19-8-5-10-3-1-2-4-12(10)19/h1-4,11H,5-9H2. The van der Waals surface area contributed by atoms with Crippen molar-refractivity contribution in [3.05, 3.63) is 29.8 Å². The minimum Gasteiger partial charge on any atom is -0.366 e. The zero-order valence-corrected chi connectivity index (χ0v) is 10.9. The Kier molecular flexibility index (Phi) is 3.11. The molecule has 3 nitrogen and oxygen atoms in total. The van der Waals surface area contributed by atoms with Gasteiger partial charge in [-0.25, -0.2) is 0 Å². The lowest BCUT2D eigenvalue weighted by molar-refractivity contribution is -0.184. The molecule has 6 heteroatoms. The Morgan fingerprint density at radius 2 is 1.95 bits per heavy atom. The maximum Gasteiger partial charge on any atom is 0.471 e. The molecule has 0 aliphatic carbocycles. The van der Waals surface area contributed by atoms with E-state index in [0.717, 1.165) is 23.6 Å².